The van der Waals surface area contributed by atoms with Crippen LogP contribution in [0.15, 0.2) is 41.5 Å². The lowest BCUT2D eigenvalue weighted by molar-refractivity contribution is 0.258. The van der Waals surface area contributed by atoms with E-state index < -0.39 is 5.95 Å². The molecular weight excluding hydrogens is 333 g/mol. The average molecular weight is 356 g/mol. The van der Waals surface area contributed by atoms with E-state index in [-0.39, 0.29) is 10.8 Å². The molecule has 23 heavy (non-hydrogen) atoms. The van der Waals surface area contributed by atoms with Crippen LogP contribution in [0.3, 0.4) is 0 Å². The summed E-state index contributed by atoms with van der Waals surface area (Å²) in [6.45, 7) is 8.48. The molecule has 0 radical (unpaired) electrons. The van der Waals surface area contributed by atoms with Crippen LogP contribution in [0.25, 0.3) is 0 Å². The third kappa shape index (κ3) is 4.35. The van der Waals surface area contributed by atoms with Crippen LogP contribution in [0.2, 0.25) is 0 Å². The molecule has 0 bridgehead atoms. The molecule has 126 valence electrons. The minimum Gasteiger partial charge on any atom is -0.481 e. The van der Waals surface area contributed by atoms with Crippen LogP contribution in [0.4, 0.5) is 4.39 Å². The molecule has 1 aromatic heterocycles. The molecule has 2 heterocycles. The first kappa shape index (κ1) is 18.0. The Morgan fingerprint density at radius 2 is 2.30 bits per heavy atom. The summed E-state index contributed by atoms with van der Waals surface area (Å²) in [5.74, 6) is 1.14. The van der Waals surface area contributed by atoms with E-state index in [1.807, 2.05) is 0 Å². The van der Waals surface area contributed by atoms with E-state index in [0.717, 1.165) is 22.0 Å². The van der Waals surface area contributed by atoms with E-state index in [2.05, 4.69) is 42.3 Å². The van der Waals surface area contributed by atoms with E-state index in [1.165, 1.54) is 12.3 Å². The standard InChI is InChI=1S/C16H22FN3OS2/c1-10(16(2,3)9-22-5)19-15-13(21-4)20-14(23-15)11-6-7-12(17)18-8-11/h6-8,14,19-20H,1,9H2,2-5H3. The van der Waals surface area contributed by atoms with Gasteiger partial charge in [0.2, 0.25) is 11.8 Å². The molecule has 1 atom stereocenters. The van der Waals surface area contributed by atoms with Gasteiger partial charge in [0, 0.05) is 28.6 Å². The van der Waals surface area contributed by atoms with Gasteiger partial charge in [-0.15, -0.1) is 0 Å². The van der Waals surface area contributed by atoms with Gasteiger partial charge in [-0.1, -0.05) is 32.2 Å². The van der Waals surface area contributed by atoms with Crippen molar-refractivity contribution in [2.45, 2.75) is 19.2 Å². The smallest absolute Gasteiger partial charge is 0.219 e. The number of nitrogens with zero attached hydrogens (tertiary/aromatic N) is 1. The zero-order valence-electron chi connectivity index (χ0n) is 13.8. The lowest BCUT2D eigenvalue weighted by atomic mass is 9.92. The van der Waals surface area contributed by atoms with E-state index in [4.69, 9.17) is 4.74 Å². The molecule has 0 aromatic carbocycles. The predicted octanol–water partition coefficient (Wildman–Crippen LogP) is 3.82. The molecule has 0 fully saturated rings. The monoisotopic (exact) mass is 355 g/mol. The quantitative estimate of drug-likeness (QED) is 0.725. The Morgan fingerprint density at radius 1 is 1.57 bits per heavy atom. The van der Waals surface area contributed by atoms with Gasteiger partial charge >= 0.3 is 0 Å². The molecule has 1 unspecified atom stereocenters. The number of thioether (sulfide) groups is 2. The number of rotatable bonds is 7. The lowest BCUT2D eigenvalue weighted by Crippen LogP contribution is -2.27. The molecule has 1 aliphatic heterocycles. The first-order valence-electron chi connectivity index (χ1n) is 7.15. The zero-order valence-corrected chi connectivity index (χ0v) is 15.4. The Kier molecular flexibility index (Phi) is 5.86. The van der Waals surface area contributed by atoms with Crippen LogP contribution in [-0.2, 0) is 4.74 Å². The summed E-state index contributed by atoms with van der Waals surface area (Å²) in [6, 6.07) is 3.08. The summed E-state index contributed by atoms with van der Waals surface area (Å²) in [5, 5.41) is 7.44. The number of nitrogens with one attached hydrogen (secondary N) is 2. The van der Waals surface area contributed by atoms with Gasteiger partial charge in [0.05, 0.1) is 7.11 Å². The molecule has 2 rings (SSSR count). The first-order chi connectivity index (χ1) is 10.9. The van der Waals surface area contributed by atoms with Crippen LogP contribution in [0.1, 0.15) is 24.8 Å². The summed E-state index contributed by atoms with van der Waals surface area (Å²) in [6.07, 6.45) is 3.61. The molecule has 0 spiro atoms. The molecule has 1 aliphatic rings. The fraction of sp³-hybridized carbons (Fsp3) is 0.438. The van der Waals surface area contributed by atoms with Crippen LogP contribution < -0.4 is 10.6 Å². The Hall–Kier alpha value is -1.34. The van der Waals surface area contributed by atoms with Crippen molar-refractivity contribution < 1.29 is 9.13 Å². The van der Waals surface area contributed by atoms with E-state index in [9.17, 15) is 4.39 Å². The maximum absolute atomic E-state index is 13.0. The highest BCUT2D eigenvalue weighted by Crippen LogP contribution is 2.40. The van der Waals surface area contributed by atoms with Crippen molar-refractivity contribution in [2.24, 2.45) is 5.41 Å². The number of halogens is 1. The summed E-state index contributed by atoms with van der Waals surface area (Å²) in [7, 11) is 1.62. The largest absolute Gasteiger partial charge is 0.481 e. The van der Waals surface area contributed by atoms with Crippen molar-refractivity contribution in [2.75, 3.05) is 19.1 Å². The summed E-state index contributed by atoms with van der Waals surface area (Å²) in [5.41, 5.74) is 1.78. The Bertz CT molecular complexity index is 602. The fourth-order valence-corrected chi connectivity index (χ4v) is 4.08. The van der Waals surface area contributed by atoms with Crippen molar-refractivity contribution in [3.8, 4) is 0 Å². The molecule has 7 heteroatoms. The van der Waals surface area contributed by atoms with Gasteiger partial charge in [0.15, 0.2) is 0 Å². The van der Waals surface area contributed by atoms with Crippen LogP contribution >= 0.6 is 23.5 Å². The molecule has 0 amide bonds. The van der Waals surface area contributed by atoms with Gasteiger partial charge in [-0.3, -0.25) is 0 Å². The Labute approximate surface area is 145 Å². The third-order valence-electron chi connectivity index (χ3n) is 3.55. The van der Waals surface area contributed by atoms with Crippen molar-refractivity contribution >= 4 is 23.5 Å². The molecule has 4 nitrogen and oxygen atoms in total. The SMILES string of the molecule is C=C(NC1=C(OC)NC(c2ccc(F)nc2)S1)C(C)(C)CSC. The molecule has 1 aromatic rings. The second-order valence-corrected chi connectivity index (χ2v) is 7.82. The van der Waals surface area contributed by atoms with Crippen LogP contribution in [0, 0.1) is 11.4 Å². The highest BCUT2D eigenvalue weighted by Gasteiger charge is 2.30. The highest BCUT2D eigenvalue weighted by molar-refractivity contribution is 8.03. The molecule has 0 saturated carbocycles. The zero-order chi connectivity index (χ0) is 17.0. The number of hydrogen-bond donors (Lipinski definition) is 2. The van der Waals surface area contributed by atoms with E-state index >= 15 is 0 Å². The van der Waals surface area contributed by atoms with Gasteiger partial charge < -0.3 is 15.4 Å². The Morgan fingerprint density at radius 3 is 2.87 bits per heavy atom. The fourth-order valence-electron chi connectivity index (χ4n) is 2.07. The molecule has 2 N–H and O–H groups in total. The van der Waals surface area contributed by atoms with Crippen molar-refractivity contribution in [1.82, 2.24) is 15.6 Å². The number of allylic oxidation sites excluding steroid dienone is 1. The number of pyridine rings is 1. The molecular formula is C16H22FN3OS2. The summed E-state index contributed by atoms with van der Waals surface area (Å²) >= 11 is 3.35. The van der Waals surface area contributed by atoms with Crippen LogP contribution in [-0.4, -0.2) is 24.1 Å². The predicted molar refractivity (Wildman–Crippen MR) is 96.1 cm³/mol. The van der Waals surface area contributed by atoms with E-state index in [0.29, 0.717) is 5.88 Å². The minimum absolute atomic E-state index is 0.0403. The van der Waals surface area contributed by atoms with Gasteiger partial charge in [0.1, 0.15) is 10.4 Å². The number of aromatic nitrogens is 1. The van der Waals surface area contributed by atoms with Gasteiger partial charge in [0.25, 0.3) is 0 Å². The number of hydrogen-bond acceptors (Lipinski definition) is 6. The maximum atomic E-state index is 13.0. The van der Waals surface area contributed by atoms with Gasteiger partial charge in [-0.2, -0.15) is 16.2 Å². The van der Waals surface area contributed by atoms with Crippen molar-refractivity contribution in [3.05, 3.63) is 53.0 Å². The normalized spacial score (nSPS) is 17.9. The Balaban J connectivity index is 2.09. The topological polar surface area (TPSA) is 46.2 Å². The summed E-state index contributed by atoms with van der Waals surface area (Å²) in [4.78, 5) is 3.70. The van der Waals surface area contributed by atoms with Gasteiger partial charge in [-0.05, 0) is 18.4 Å². The molecule has 0 saturated heterocycles. The first-order valence-corrected chi connectivity index (χ1v) is 9.43. The third-order valence-corrected chi connectivity index (χ3v) is 5.71. The van der Waals surface area contributed by atoms with Gasteiger partial charge in [-0.25, -0.2) is 4.98 Å². The maximum Gasteiger partial charge on any atom is 0.219 e. The van der Waals surface area contributed by atoms with E-state index in [1.54, 1.807) is 36.7 Å². The van der Waals surface area contributed by atoms with Crippen molar-refractivity contribution in [3.63, 3.8) is 0 Å². The average Bonchev–Trinajstić information content (AvgIpc) is 2.91. The second kappa shape index (κ2) is 7.49. The number of ether oxygens (including phenoxy) is 1. The van der Waals surface area contributed by atoms with Crippen molar-refractivity contribution in [1.29, 1.82) is 0 Å². The van der Waals surface area contributed by atoms with Crippen LogP contribution in [0.5, 0.6) is 0 Å². The summed E-state index contributed by atoms with van der Waals surface area (Å²) < 4.78 is 18.4. The minimum atomic E-state index is -0.484. The molecule has 0 aliphatic carbocycles. The highest BCUT2D eigenvalue weighted by atomic mass is 32.2. The second-order valence-electron chi connectivity index (χ2n) is 5.84. The lowest BCUT2D eigenvalue weighted by Gasteiger charge is -2.27. The number of methoxy groups -OCH3 is 1.